The summed E-state index contributed by atoms with van der Waals surface area (Å²) in [5.74, 6) is 1.72. The van der Waals surface area contributed by atoms with Gasteiger partial charge in [-0.1, -0.05) is 45.7 Å². The molecule has 1 heterocycles. The quantitative estimate of drug-likeness (QED) is 0.514. The number of amides is 1. The van der Waals surface area contributed by atoms with Crippen LogP contribution in [-0.2, 0) is 11.3 Å². The molecule has 0 spiro atoms. The minimum absolute atomic E-state index is 0.0409. The van der Waals surface area contributed by atoms with Crippen LogP contribution in [0.4, 0.5) is 0 Å². The highest BCUT2D eigenvalue weighted by Gasteiger charge is 2.14. The number of thioether (sulfide) groups is 1. The zero-order chi connectivity index (χ0) is 18.8. The number of rotatable bonds is 5. The molecule has 0 aromatic heterocycles. The zero-order valence-corrected chi connectivity index (χ0v) is 17.3. The SMILES string of the molecule is O=C(CSc1ccc(Br)c2cccc(Cl)c12)NCc1ccc2c(c1)OCO2. The molecule has 7 heteroatoms. The number of fused-ring (bicyclic) bond motifs is 2. The van der Waals surface area contributed by atoms with Crippen molar-refractivity contribution in [3.05, 3.63) is 63.6 Å². The topological polar surface area (TPSA) is 47.6 Å². The minimum Gasteiger partial charge on any atom is -0.454 e. The summed E-state index contributed by atoms with van der Waals surface area (Å²) < 4.78 is 11.6. The van der Waals surface area contributed by atoms with E-state index in [1.807, 2.05) is 48.5 Å². The fourth-order valence-electron chi connectivity index (χ4n) is 2.86. The molecule has 0 bridgehead atoms. The fourth-order valence-corrected chi connectivity index (χ4v) is 4.57. The molecule has 3 aromatic carbocycles. The molecular formula is C20H15BrClNO3S. The van der Waals surface area contributed by atoms with E-state index in [-0.39, 0.29) is 12.7 Å². The lowest BCUT2D eigenvalue weighted by molar-refractivity contribution is -0.118. The maximum atomic E-state index is 12.3. The number of carbonyl (C=O) groups is 1. The van der Waals surface area contributed by atoms with E-state index in [0.717, 1.165) is 31.5 Å². The van der Waals surface area contributed by atoms with Crippen LogP contribution >= 0.6 is 39.3 Å². The molecule has 1 amide bonds. The van der Waals surface area contributed by atoms with E-state index in [1.54, 1.807) is 0 Å². The van der Waals surface area contributed by atoms with Crippen molar-refractivity contribution in [3.63, 3.8) is 0 Å². The van der Waals surface area contributed by atoms with Gasteiger partial charge in [0.2, 0.25) is 12.7 Å². The van der Waals surface area contributed by atoms with Gasteiger partial charge in [0.15, 0.2) is 11.5 Å². The molecule has 27 heavy (non-hydrogen) atoms. The summed E-state index contributed by atoms with van der Waals surface area (Å²) in [6.45, 7) is 0.684. The number of carbonyl (C=O) groups excluding carboxylic acids is 1. The molecule has 138 valence electrons. The third-order valence-corrected chi connectivity index (χ3v) is 6.25. The van der Waals surface area contributed by atoms with Crippen molar-refractivity contribution in [3.8, 4) is 11.5 Å². The van der Waals surface area contributed by atoms with Gasteiger partial charge in [-0.15, -0.1) is 11.8 Å². The number of ether oxygens (including phenoxy) is 2. The molecule has 0 saturated carbocycles. The molecule has 0 saturated heterocycles. The monoisotopic (exact) mass is 463 g/mol. The van der Waals surface area contributed by atoms with Crippen LogP contribution in [0, 0.1) is 0 Å². The Balaban J connectivity index is 1.40. The Bertz CT molecular complexity index is 1030. The average molecular weight is 465 g/mol. The summed E-state index contributed by atoms with van der Waals surface area (Å²) in [7, 11) is 0. The number of hydrogen-bond acceptors (Lipinski definition) is 4. The Morgan fingerprint density at radius 2 is 2.00 bits per heavy atom. The third-order valence-electron chi connectivity index (χ3n) is 4.18. The summed E-state index contributed by atoms with van der Waals surface area (Å²) in [6.07, 6.45) is 0. The van der Waals surface area contributed by atoms with Crippen LogP contribution in [0.5, 0.6) is 11.5 Å². The summed E-state index contributed by atoms with van der Waals surface area (Å²) in [4.78, 5) is 13.3. The normalized spacial score (nSPS) is 12.4. The highest BCUT2D eigenvalue weighted by atomic mass is 79.9. The van der Waals surface area contributed by atoms with Gasteiger partial charge in [-0.2, -0.15) is 0 Å². The number of hydrogen-bond donors (Lipinski definition) is 1. The van der Waals surface area contributed by atoms with Crippen molar-refractivity contribution in [1.82, 2.24) is 5.32 Å². The third kappa shape index (κ3) is 4.03. The van der Waals surface area contributed by atoms with Gasteiger partial charge in [0.25, 0.3) is 0 Å². The van der Waals surface area contributed by atoms with Crippen molar-refractivity contribution in [1.29, 1.82) is 0 Å². The van der Waals surface area contributed by atoms with Gasteiger partial charge in [-0.25, -0.2) is 0 Å². The van der Waals surface area contributed by atoms with Crippen LogP contribution in [-0.4, -0.2) is 18.5 Å². The van der Waals surface area contributed by atoms with Crippen LogP contribution in [0.25, 0.3) is 10.8 Å². The molecular weight excluding hydrogens is 450 g/mol. The van der Waals surface area contributed by atoms with Crippen molar-refractivity contribution >= 4 is 56.0 Å². The Hall–Kier alpha value is -1.89. The van der Waals surface area contributed by atoms with Crippen LogP contribution in [0.3, 0.4) is 0 Å². The number of nitrogens with one attached hydrogen (secondary N) is 1. The molecule has 0 atom stereocenters. The highest BCUT2D eigenvalue weighted by Crippen LogP contribution is 2.37. The van der Waals surface area contributed by atoms with Gasteiger partial charge in [0.05, 0.1) is 5.75 Å². The van der Waals surface area contributed by atoms with E-state index in [2.05, 4.69) is 21.2 Å². The van der Waals surface area contributed by atoms with E-state index in [9.17, 15) is 4.79 Å². The lowest BCUT2D eigenvalue weighted by Gasteiger charge is -2.10. The fraction of sp³-hybridized carbons (Fsp3) is 0.150. The van der Waals surface area contributed by atoms with Crippen molar-refractivity contribution in [2.24, 2.45) is 0 Å². The second-order valence-corrected chi connectivity index (χ2v) is 8.24. The van der Waals surface area contributed by atoms with E-state index >= 15 is 0 Å². The smallest absolute Gasteiger partial charge is 0.231 e. The minimum atomic E-state index is -0.0409. The van der Waals surface area contributed by atoms with Gasteiger partial charge < -0.3 is 14.8 Å². The van der Waals surface area contributed by atoms with Crippen molar-refractivity contribution in [2.45, 2.75) is 11.4 Å². The molecule has 0 radical (unpaired) electrons. The molecule has 1 aliphatic heterocycles. The number of benzene rings is 3. The van der Waals surface area contributed by atoms with E-state index in [4.69, 9.17) is 21.1 Å². The van der Waals surface area contributed by atoms with Gasteiger partial charge in [0.1, 0.15) is 0 Å². The largest absolute Gasteiger partial charge is 0.454 e. The highest BCUT2D eigenvalue weighted by molar-refractivity contribution is 9.10. The summed E-state index contributed by atoms with van der Waals surface area (Å²) in [5.41, 5.74) is 0.967. The molecule has 0 fully saturated rings. The van der Waals surface area contributed by atoms with Gasteiger partial charge >= 0.3 is 0 Å². The maximum Gasteiger partial charge on any atom is 0.231 e. The second-order valence-electron chi connectivity index (χ2n) is 5.96. The Morgan fingerprint density at radius 3 is 2.89 bits per heavy atom. The van der Waals surface area contributed by atoms with Crippen LogP contribution in [0.2, 0.25) is 5.02 Å². The van der Waals surface area contributed by atoms with Crippen molar-refractivity contribution < 1.29 is 14.3 Å². The Labute approximate surface area is 174 Å². The van der Waals surface area contributed by atoms with Gasteiger partial charge in [-0.3, -0.25) is 4.79 Å². The second kappa shape index (κ2) is 8.00. The molecule has 4 rings (SSSR count). The van der Waals surface area contributed by atoms with Crippen molar-refractivity contribution in [2.75, 3.05) is 12.5 Å². The predicted octanol–water partition coefficient (Wildman–Crippen LogP) is 5.39. The lowest BCUT2D eigenvalue weighted by Crippen LogP contribution is -2.24. The molecule has 4 nitrogen and oxygen atoms in total. The number of halogens is 2. The van der Waals surface area contributed by atoms with E-state index in [0.29, 0.717) is 23.1 Å². The van der Waals surface area contributed by atoms with Crippen LogP contribution < -0.4 is 14.8 Å². The first-order chi connectivity index (χ1) is 13.1. The standard InChI is InChI=1S/C20H15BrClNO3S/c21-14-5-7-18(20-13(14)2-1-3-15(20)22)27-10-19(24)23-9-12-4-6-16-17(8-12)26-11-25-16/h1-8H,9-11H2,(H,23,24). The molecule has 1 aliphatic rings. The molecule has 1 N–H and O–H groups in total. The van der Waals surface area contributed by atoms with E-state index < -0.39 is 0 Å². The summed E-state index contributed by atoms with van der Waals surface area (Å²) in [5, 5.41) is 5.61. The molecule has 0 aliphatic carbocycles. The first-order valence-corrected chi connectivity index (χ1v) is 10.4. The summed E-state index contributed by atoms with van der Waals surface area (Å²) in [6, 6.07) is 15.4. The van der Waals surface area contributed by atoms with Gasteiger partial charge in [-0.05, 0) is 41.3 Å². The molecule has 0 unspecified atom stereocenters. The van der Waals surface area contributed by atoms with Crippen LogP contribution in [0.15, 0.2) is 57.9 Å². The first-order valence-electron chi connectivity index (χ1n) is 8.26. The Kier molecular flexibility index (Phi) is 5.48. The lowest BCUT2D eigenvalue weighted by atomic mass is 10.1. The van der Waals surface area contributed by atoms with Crippen LogP contribution in [0.1, 0.15) is 5.56 Å². The summed E-state index contributed by atoms with van der Waals surface area (Å²) >= 11 is 11.4. The predicted molar refractivity (Wildman–Crippen MR) is 112 cm³/mol. The molecule has 3 aromatic rings. The van der Waals surface area contributed by atoms with Gasteiger partial charge in [0, 0.05) is 26.3 Å². The Morgan fingerprint density at radius 1 is 1.15 bits per heavy atom. The zero-order valence-electron chi connectivity index (χ0n) is 14.1. The maximum absolute atomic E-state index is 12.3. The average Bonchev–Trinajstić information content (AvgIpc) is 3.14. The first kappa shape index (κ1) is 18.5. The van der Waals surface area contributed by atoms with E-state index in [1.165, 1.54) is 11.8 Å².